The van der Waals surface area contributed by atoms with Crippen LogP contribution in [0.3, 0.4) is 0 Å². The van der Waals surface area contributed by atoms with Gasteiger partial charge < -0.3 is 24.9 Å². The van der Waals surface area contributed by atoms with Gasteiger partial charge in [0.15, 0.2) is 0 Å². The van der Waals surface area contributed by atoms with E-state index in [1.807, 2.05) is 30.5 Å². The van der Waals surface area contributed by atoms with Crippen molar-refractivity contribution in [3.8, 4) is 0 Å². The summed E-state index contributed by atoms with van der Waals surface area (Å²) in [6, 6.07) is 7.79. The number of hydrogen-bond acceptors (Lipinski definition) is 7. The second-order valence-corrected chi connectivity index (χ2v) is 7.77. The Kier molecular flexibility index (Phi) is 6.43. The summed E-state index contributed by atoms with van der Waals surface area (Å²) in [5, 5.41) is 13.2. The Bertz CT molecular complexity index is 1290. The van der Waals surface area contributed by atoms with Crippen molar-refractivity contribution in [3.05, 3.63) is 68.6 Å². The van der Waals surface area contributed by atoms with Crippen molar-refractivity contribution in [3.63, 3.8) is 0 Å². The lowest BCUT2D eigenvalue weighted by molar-refractivity contribution is -0.150. The molecule has 1 aromatic carbocycles. The van der Waals surface area contributed by atoms with Gasteiger partial charge in [0.25, 0.3) is 11.5 Å². The van der Waals surface area contributed by atoms with Gasteiger partial charge in [-0.2, -0.15) is 0 Å². The smallest absolute Gasteiger partial charge is 0.330 e. The summed E-state index contributed by atoms with van der Waals surface area (Å²) in [5.41, 5.74) is 0.158. The molecule has 1 saturated heterocycles. The van der Waals surface area contributed by atoms with Crippen LogP contribution in [0.4, 0.5) is 0 Å². The molecule has 4 rings (SSSR count). The molecule has 1 amide bonds. The number of para-hydroxylation sites is 1. The van der Waals surface area contributed by atoms with Crippen LogP contribution in [-0.2, 0) is 20.7 Å². The SMILES string of the molecule is CC(=O)OC1CC(n2cc(C(=O)NCCc3c[nH]c4ccccc34)c(=O)[nH]c2=O)OC1CO. The van der Waals surface area contributed by atoms with Crippen LogP contribution < -0.4 is 16.6 Å². The number of amides is 1. The van der Waals surface area contributed by atoms with Crippen molar-refractivity contribution in [2.75, 3.05) is 13.2 Å². The molecule has 11 nitrogen and oxygen atoms in total. The molecule has 1 aliphatic heterocycles. The minimum absolute atomic E-state index is 0.0817. The number of aromatic nitrogens is 3. The molecule has 3 heterocycles. The van der Waals surface area contributed by atoms with Crippen LogP contribution in [0.25, 0.3) is 10.9 Å². The normalized spacial score (nSPS) is 20.1. The highest BCUT2D eigenvalue weighted by atomic mass is 16.6. The molecule has 1 fully saturated rings. The van der Waals surface area contributed by atoms with Gasteiger partial charge in [-0.25, -0.2) is 4.79 Å². The molecule has 0 aliphatic carbocycles. The summed E-state index contributed by atoms with van der Waals surface area (Å²) in [7, 11) is 0. The van der Waals surface area contributed by atoms with E-state index in [9.17, 15) is 24.3 Å². The molecule has 0 radical (unpaired) electrons. The summed E-state index contributed by atoms with van der Waals surface area (Å²) >= 11 is 0. The number of aromatic amines is 2. The van der Waals surface area contributed by atoms with Crippen molar-refractivity contribution in [2.45, 2.75) is 38.2 Å². The zero-order chi connectivity index (χ0) is 23.5. The topological polar surface area (TPSA) is 156 Å². The maximum absolute atomic E-state index is 12.7. The Morgan fingerprint density at radius 3 is 2.85 bits per heavy atom. The van der Waals surface area contributed by atoms with Crippen molar-refractivity contribution >= 4 is 22.8 Å². The average molecular weight is 456 g/mol. The fraction of sp³-hybridized carbons (Fsp3) is 0.364. The third-order valence-electron chi connectivity index (χ3n) is 5.56. The van der Waals surface area contributed by atoms with E-state index in [0.29, 0.717) is 6.42 Å². The minimum Gasteiger partial charge on any atom is -0.460 e. The molecular weight excluding hydrogens is 432 g/mol. The van der Waals surface area contributed by atoms with Crippen LogP contribution in [0.2, 0.25) is 0 Å². The molecule has 0 bridgehead atoms. The standard InChI is InChI=1S/C22H24N4O7/c1-12(28)32-17-8-19(33-18(17)11-27)26-10-15(21(30)25-22(26)31)20(29)23-7-6-13-9-24-16-5-3-2-4-14(13)16/h2-5,9-10,17-19,24,27H,6-8,11H2,1H3,(H,23,29)(H,25,30,31). The molecule has 11 heteroatoms. The molecule has 1 aliphatic rings. The first-order chi connectivity index (χ1) is 15.9. The van der Waals surface area contributed by atoms with Crippen LogP contribution in [0, 0.1) is 0 Å². The van der Waals surface area contributed by atoms with E-state index in [4.69, 9.17) is 9.47 Å². The first-order valence-electron chi connectivity index (χ1n) is 10.5. The van der Waals surface area contributed by atoms with Crippen LogP contribution in [0.1, 0.15) is 35.5 Å². The Balaban J connectivity index is 1.47. The molecular formula is C22H24N4O7. The molecule has 0 saturated carbocycles. The Morgan fingerprint density at radius 2 is 2.09 bits per heavy atom. The van der Waals surface area contributed by atoms with E-state index >= 15 is 0 Å². The van der Waals surface area contributed by atoms with E-state index < -0.39 is 48.2 Å². The largest absolute Gasteiger partial charge is 0.460 e. The Labute approximate surface area is 187 Å². The van der Waals surface area contributed by atoms with Gasteiger partial charge >= 0.3 is 11.7 Å². The van der Waals surface area contributed by atoms with Crippen molar-refractivity contribution in [1.29, 1.82) is 0 Å². The van der Waals surface area contributed by atoms with Crippen LogP contribution in [-0.4, -0.2) is 56.9 Å². The van der Waals surface area contributed by atoms with Gasteiger partial charge in [-0.1, -0.05) is 18.2 Å². The average Bonchev–Trinajstić information content (AvgIpc) is 3.37. The number of rotatable bonds is 7. The molecule has 3 unspecified atom stereocenters. The van der Waals surface area contributed by atoms with E-state index in [-0.39, 0.29) is 18.5 Å². The third kappa shape index (κ3) is 4.73. The number of aliphatic hydroxyl groups is 1. The molecule has 33 heavy (non-hydrogen) atoms. The Morgan fingerprint density at radius 1 is 1.30 bits per heavy atom. The van der Waals surface area contributed by atoms with Crippen LogP contribution in [0.5, 0.6) is 0 Å². The maximum atomic E-state index is 12.7. The number of ether oxygens (including phenoxy) is 2. The minimum atomic E-state index is -0.923. The molecule has 0 spiro atoms. The number of carbonyl (C=O) groups excluding carboxylic acids is 2. The lowest BCUT2D eigenvalue weighted by Crippen LogP contribution is -2.38. The second-order valence-electron chi connectivity index (χ2n) is 7.77. The fourth-order valence-electron chi connectivity index (χ4n) is 3.98. The molecule has 3 aromatic rings. The molecule has 174 valence electrons. The van der Waals surface area contributed by atoms with Gasteiger partial charge in [0.1, 0.15) is 24.0 Å². The number of aliphatic hydroxyl groups excluding tert-OH is 1. The highest BCUT2D eigenvalue weighted by Crippen LogP contribution is 2.29. The number of fused-ring (bicyclic) bond motifs is 1. The lowest BCUT2D eigenvalue weighted by atomic mass is 10.1. The summed E-state index contributed by atoms with van der Waals surface area (Å²) in [5.74, 6) is -1.19. The van der Waals surface area contributed by atoms with Gasteiger partial charge in [-0.05, 0) is 18.1 Å². The predicted molar refractivity (Wildman–Crippen MR) is 117 cm³/mol. The van der Waals surface area contributed by atoms with Crippen LogP contribution in [0.15, 0.2) is 46.2 Å². The number of nitrogens with one attached hydrogen (secondary N) is 3. The Hall–Kier alpha value is -3.70. The number of nitrogens with zero attached hydrogens (tertiary/aromatic N) is 1. The highest BCUT2D eigenvalue weighted by Gasteiger charge is 2.38. The number of H-pyrrole nitrogens is 2. The van der Waals surface area contributed by atoms with Gasteiger partial charge in [0.2, 0.25) is 0 Å². The predicted octanol–water partition coefficient (Wildman–Crippen LogP) is 0.202. The zero-order valence-corrected chi connectivity index (χ0v) is 17.9. The van der Waals surface area contributed by atoms with Gasteiger partial charge in [-0.3, -0.25) is 23.9 Å². The highest BCUT2D eigenvalue weighted by molar-refractivity contribution is 5.93. The number of benzene rings is 1. The number of esters is 1. The molecule has 4 N–H and O–H groups in total. The molecule has 3 atom stereocenters. The lowest BCUT2D eigenvalue weighted by Gasteiger charge is -2.15. The summed E-state index contributed by atoms with van der Waals surface area (Å²) in [4.78, 5) is 53.8. The number of carbonyl (C=O) groups is 2. The quantitative estimate of drug-likeness (QED) is 0.370. The third-order valence-corrected chi connectivity index (χ3v) is 5.56. The van der Waals surface area contributed by atoms with Gasteiger partial charge in [0, 0.05) is 43.2 Å². The summed E-state index contributed by atoms with van der Waals surface area (Å²) in [6.07, 6.45) is 1.11. The maximum Gasteiger partial charge on any atom is 0.330 e. The van der Waals surface area contributed by atoms with E-state index in [1.54, 1.807) is 0 Å². The first-order valence-corrected chi connectivity index (χ1v) is 10.5. The van der Waals surface area contributed by atoms with Crippen molar-refractivity contribution < 1.29 is 24.2 Å². The van der Waals surface area contributed by atoms with Gasteiger partial charge in [-0.15, -0.1) is 0 Å². The fourth-order valence-corrected chi connectivity index (χ4v) is 3.98. The first kappa shape index (κ1) is 22.5. The zero-order valence-electron chi connectivity index (χ0n) is 17.9. The van der Waals surface area contributed by atoms with Crippen molar-refractivity contribution in [2.24, 2.45) is 0 Å². The monoisotopic (exact) mass is 456 g/mol. The molecule has 2 aromatic heterocycles. The van der Waals surface area contributed by atoms with E-state index in [0.717, 1.165) is 27.2 Å². The number of hydrogen-bond donors (Lipinski definition) is 4. The van der Waals surface area contributed by atoms with Gasteiger partial charge in [0.05, 0.1) is 6.61 Å². The van der Waals surface area contributed by atoms with E-state index in [1.165, 1.54) is 6.92 Å². The summed E-state index contributed by atoms with van der Waals surface area (Å²) < 4.78 is 11.8. The van der Waals surface area contributed by atoms with E-state index in [2.05, 4.69) is 15.3 Å². The second kappa shape index (κ2) is 9.43. The van der Waals surface area contributed by atoms with Crippen LogP contribution >= 0.6 is 0 Å². The summed E-state index contributed by atoms with van der Waals surface area (Å²) in [6.45, 7) is 1.08. The van der Waals surface area contributed by atoms with Crippen molar-refractivity contribution in [1.82, 2.24) is 19.9 Å².